The molecule has 0 aliphatic carbocycles. The molecule has 3 aromatic heterocycles. The van der Waals surface area contributed by atoms with E-state index in [-0.39, 0.29) is 5.56 Å². The fourth-order valence-corrected chi connectivity index (χ4v) is 3.32. The molecule has 148 valence electrons. The zero-order chi connectivity index (χ0) is 20.9. The Kier molecular flexibility index (Phi) is 4.29. The monoisotopic (exact) mass is 398 g/mol. The van der Waals surface area contributed by atoms with Gasteiger partial charge in [-0.2, -0.15) is 13.2 Å². The maximum absolute atomic E-state index is 12.9. The molecule has 0 fully saturated rings. The topological polar surface area (TPSA) is 63.0 Å². The van der Waals surface area contributed by atoms with Gasteiger partial charge in [-0.3, -0.25) is 14.9 Å². The Morgan fingerprint density at radius 1 is 0.966 bits per heavy atom. The third-order valence-corrected chi connectivity index (χ3v) is 4.85. The summed E-state index contributed by atoms with van der Waals surface area (Å²) in [5.74, 6) is 0. The number of pyridine rings is 1. The van der Waals surface area contributed by atoms with Crippen LogP contribution in [0.4, 0.5) is 13.2 Å². The van der Waals surface area contributed by atoms with Crippen molar-refractivity contribution in [3.05, 3.63) is 75.5 Å². The van der Waals surface area contributed by atoms with Crippen LogP contribution < -0.4 is 5.56 Å². The van der Waals surface area contributed by atoms with Crippen LogP contribution in [0.25, 0.3) is 28.0 Å². The lowest BCUT2D eigenvalue weighted by Crippen LogP contribution is -2.19. The minimum absolute atomic E-state index is 0.309. The Morgan fingerprint density at radius 2 is 1.62 bits per heavy atom. The Bertz CT molecular complexity index is 1270. The van der Waals surface area contributed by atoms with E-state index in [4.69, 9.17) is 0 Å². The lowest BCUT2D eigenvalue weighted by atomic mass is 10.0. The van der Waals surface area contributed by atoms with Crippen LogP contribution in [-0.4, -0.2) is 19.6 Å². The highest BCUT2D eigenvalue weighted by Crippen LogP contribution is 2.31. The number of H-pyrrole nitrogens is 1. The molecule has 0 bridgehead atoms. The van der Waals surface area contributed by atoms with Crippen LogP contribution in [0.5, 0.6) is 0 Å². The number of nitrogens with one attached hydrogen (secondary N) is 1. The number of hydrogen-bond donors (Lipinski definition) is 1. The molecule has 0 aliphatic heterocycles. The number of halogens is 3. The van der Waals surface area contributed by atoms with Crippen LogP contribution in [0.3, 0.4) is 0 Å². The van der Waals surface area contributed by atoms with E-state index in [1.165, 1.54) is 10.6 Å². The van der Waals surface area contributed by atoms with Gasteiger partial charge in [-0.25, -0.2) is 9.50 Å². The molecule has 1 N–H and O–H groups in total. The second kappa shape index (κ2) is 6.58. The standard InChI is InChI=1S/C21H17F3N4O/c1-11-4-6-14(7-5-11)17-13(3)27-28-19(17)26-18(12(2)20(28)29)15-8-9-16(25-10-15)21(22,23)24/h4-10,27H,1-3H3. The Morgan fingerprint density at radius 3 is 2.21 bits per heavy atom. The van der Waals surface area contributed by atoms with Gasteiger partial charge in [-0.05, 0) is 38.5 Å². The van der Waals surface area contributed by atoms with E-state index in [2.05, 4.69) is 15.1 Å². The van der Waals surface area contributed by atoms with Gasteiger partial charge in [0.05, 0.1) is 5.69 Å². The van der Waals surface area contributed by atoms with Crippen molar-refractivity contribution < 1.29 is 13.2 Å². The predicted octanol–water partition coefficient (Wildman–Crippen LogP) is 4.70. The van der Waals surface area contributed by atoms with E-state index < -0.39 is 11.9 Å². The molecule has 4 rings (SSSR count). The SMILES string of the molecule is Cc1ccc(-c2c(C)[nH]n3c(=O)c(C)c(-c4ccc(C(F)(F)F)nc4)nc23)cc1. The van der Waals surface area contributed by atoms with Gasteiger partial charge in [0.15, 0.2) is 5.65 Å². The first-order valence-corrected chi connectivity index (χ1v) is 8.89. The number of hydrogen-bond acceptors (Lipinski definition) is 3. The van der Waals surface area contributed by atoms with Gasteiger partial charge < -0.3 is 0 Å². The van der Waals surface area contributed by atoms with E-state index in [0.717, 1.165) is 34.6 Å². The summed E-state index contributed by atoms with van der Waals surface area (Å²) in [4.78, 5) is 21.0. The molecule has 0 amide bonds. The first-order valence-electron chi connectivity index (χ1n) is 8.89. The third kappa shape index (κ3) is 3.20. The molecule has 0 radical (unpaired) electrons. The molecule has 29 heavy (non-hydrogen) atoms. The summed E-state index contributed by atoms with van der Waals surface area (Å²) in [6.07, 6.45) is -3.43. The number of alkyl halides is 3. The number of nitrogens with zero attached hydrogens (tertiary/aromatic N) is 3. The van der Waals surface area contributed by atoms with Crippen molar-refractivity contribution in [2.75, 3.05) is 0 Å². The summed E-state index contributed by atoms with van der Waals surface area (Å²) in [5, 5.41) is 3.03. The lowest BCUT2D eigenvalue weighted by molar-refractivity contribution is -0.141. The minimum Gasteiger partial charge on any atom is -0.293 e. The molecule has 1 aromatic carbocycles. The predicted molar refractivity (Wildman–Crippen MR) is 104 cm³/mol. The molecule has 0 saturated heterocycles. The van der Waals surface area contributed by atoms with Gasteiger partial charge in [0.1, 0.15) is 5.69 Å². The van der Waals surface area contributed by atoms with Crippen LogP contribution in [0, 0.1) is 20.8 Å². The van der Waals surface area contributed by atoms with E-state index in [1.807, 2.05) is 38.1 Å². The van der Waals surface area contributed by atoms with Gasteiger partial charge in [0.2, 0.25) is 0 Å². The summed E-state index contributed by atoms with van der Waals surface area (Å²) in [6.45, 7) is 5.42. The number of aromatic nitrogens is 4. The molecule has 3 heterocycles. The summed E-state index contributed by atoms with van der Waals surface area (Å²) >= 11 is 0. The van der Waals surface area contributed by atoms with Crippen molar-refractivity contribution in [2.24, 2.45) is 0 Å². The summed E-state index contributed by atoms with van der Waals surface area (Å²) in [6, 6.07) is 9.98. The lowest BCUT2D eigenvalue weighted by Gasteiger charge is -2.09. The van der Waals surface area contributed by atoms with E-state index in [9.17, 15) is 18.0 Å². The summed E-state index contributed by atoms with van der Waals surface area (Å²) in [7, 11) is 0. The van der Waals surface area contributed by atoms with Gasteiger partial charge in [0, 0.05) is 28.6 Å². The first kappa shape index (κ1) is 18.9. The first-order chi connectivity index (χ1) is 13.7. The average molecular weight is 398 g/mol. The second-order valence-electron chi connectivity index (χ2n) is 6.96. The molecular weight excluding hydrogens is 381 g/mol. The van der Waals surface area contributed by atoms with Gasteiger partial charge in [-0.15, -0.1) is 0 Å². The number of benzene rings is 1. The molecule has 0 saturated carbocycles. The highest BCUT2D eigenvalue weighted by molar-refractivity contribution is 5.81. The summed E-state index contributed by atoms with van der Waals surface area (Å²) in [5.41, 5.74) is 3.61. The molecule has 5 nitrogen and oxygen atoms in total. The zero-order valence-corrected chi connectivity index (χ0v) is 15.9. The Labute approximate surface area is 163 Å². The highest BCUT2D eigenvalue weighted by atomic mass is 19.4. The largest absolute Gasteiger partial charge is 0.433 e. The van der Waals surface area contributed by atoms with Crippen molar-refractivity contribution in [1.82, 2.24) is 19.6 Å². The minimum atomic E-state index is -4.53. The number of aryl methyl sites for hydroxylation is 2. The molecule has 0 atom stereocenters. The van der Waals surface area contributed by atoms with Gasteiger partial charge in [-0.1, -0.05) is 29.8 Å². The van der Waals surface area contributed by atoms with Crippen LogP contribution in [0.15, 0.2) is 47.4 Å². The van der Waals surface area contributed by atoms with Crippen molar-refractivity contribution in [3.63, 3.8) is 0 Å². The molecule has 0 aliphatic rings. The molecule has 0 unspecified atom stereocenters. The van der Waals surface area contributed by atoms with Gasteiger partial charge >= 0.3 is 6.18 Å². The number of rotatable bonds is 2. The van der Waals surface area contributed by atoms with Crippen molar-refractivity contribution in [1.29, 1.82) is 0 Å². The molecule has 0 spiro atoms. The molecule has 4 aromatic rings. The van der Waals surface area contributed by atoms with Crippen LogP contribution in [0.2, 0.25) is 0 Å². The van der Waals surface area contributed by atoms with Crippen LogP contribution in [-0.2, 0) is 6.18 Å². The van der Waals surface area contributed by atoms with Crippen molar-refractivity contribution >= 4 is 5.65 Å². The van der Waals surface area contributed by atoms with E-state index in [1.54, 1.807) is 6.92 Å². The highest BCUT2D eigenvalue weighted by Gasteiger charge is 2.32. The normalized spacial score (nSPS) is 11.9. The van der Waals surface area contributed by atoms with Crippen molar-refractivity contribution in [2.45, 2.75) is 26.9 Å². The fraction of sp³-hybridized carbons (Fsp3) is 0.190. The number of aromatic amines is 1. The molecular formula is C21H17F3N4O. The third-order valence-electron chi connectivity index (χ3n) is 4.85. The second-order valence-corrected chi connectivity index (χ2v) is 6.96. The van der Waals surface area contributed by atoms with E-state index >= 15 is 0 Å². The maximum atomic E-state index is 12.9. The fourth-order valence-electron chi connectivity index (χ4n) is 3.32. The van der Waals surface area contributed by atoms with Crippen molar-refractivity contribution in [3.8, 4) is 22.4 Å². The quantitative estimate of drug-likeness (QED) is 0.533. The van der Waals surface area contributed by atoms with Crippen LogP contribution in [0.1, 0.15) is 22.5 Å². The smallest absolute Gasteiger partial charge is 0.293 e. The summed E-state index contributed by atoms with van der Waals surface area (Å²) < 4.78 is 39.8. The number of fused-ring (bicyclic) bond motifs is 1. The molecule has 8 heteroatoms. The Hall–Kier alpha value is -3.42. The van der Waals surface area contributed by atoms with E-state index in [0.29, 0.717) is 22.5 Å². The maximum Gasteiger partial charge on any atom is 0.433 e. The van der Waals surface area contributed by atoms with Crippen LogP contribution >= 0.6 is 0 Å². The average Bonchev–Trinajstić information content (AvgIpc) is 3.01. The Balaban J connectivity index is 1.94. The zero-order valence-electron chi connectivity index (χ0n) is 15.9. The van der Waals surface area contributed by atoms with Gasteiger partial charge in [0.25, 0.3) is 5.56 Å².